The Bertz CT molecular complexity index is 976. The fourth-order valence-electron chi connectivity index (χ4n) is 4.34. The molecule has 4 nitrogen and oxygen atoms in total. The van der Waals surface area contributed by atoms with Crippen LogP contribution < -0.4 is 0 Å². The largest absolute Gasteiger partial charge is 0.511 e. The number of benzene rings is 1. The van der Waals surface area contributed by atoms with E-state index in [-0.39, 0.29) is 17.0 Å². The van der Waals surface area contributed by atoms with Gasteiger partial charge in [-0.1, -0.05) is 38.8 Å². The predicted octanol–water partition coefficient (Wildman–Crippen LogP) is 6.16. The molecule has 0 unspecified atom stereocenters. The molecule has 2 N–H and O–H groups in total. The Hall–Kier alpha value is -2.36. The molecule has 4 heteroatoms. The maximum absolute atomic E-state index is 12.8. The molecule has 0 atom stereocenters. The van der Waals surface area contributed by atoms with E-state index in [1.807, 2.05) is 0 Å². The third-order valence-corrected chi connectivity index (χ3v) is 5.85. The fourth-order valence-corrected chi connectivity index (χ4v) is 4.34. The monoisotopic (exact) mass is 394 g/mol. The highest BCUT2D eigenvalue weighted by atomic mass is 16.3. The second-order valence-corrected chi connectivity index (χ2v) is 9.22. The highest BCUT2D eigenvalue weighted by molar-refractivity contribution is 6.24. The van der Waals surface area contributed by atoms with Crippen molar-refractivity contribution in [2.24, 2.45) is 10.4 Å². The molecule has 0 bridgehead atoms. The highest BCUT2D eigenvalue weighted by Gasteiger charge is 2.35. The summed E-state index contributed by atoms with van der Waals surface area (Å²) in [5, 5.41) is 11.8. The van der Waals surface area contributed by atoms with Gasteiger partial charge in [0.25, 0.3) is 0 Å². The number of aromatic amines is 1. The molecule has 1 aliphatic carbocycles. The van der Waals surface area contributed by atoms with Crippen molar-refractivity contribution in [3.8, 4) is 0 Å². The van der Waals surface area contributed by atoms with Crippen LogP contribution in [0.15, 0.2) is 34.5 Å². The van der Waals surface area contributed by atoms with Crippen LogP contribution in [0.25, 0.3) is 10.9 Å². The van der Waals surface area contributed by atoms with Crippen LogP contribution >= 0.6 is 0 Å². The molecule has 1 fully saturated rings. The molecule has 1 aromatic carbocycles. The quantitative estimate of drug-likeness (QED) is 0.455. The first-order valence-corrected chi connectivity index (χ1v) is 10.8. The second-order valence-electron chi connectivity index (χ2n) is 9.22. The van der Waals surface area contributed by atoms with Crippen molar-refractivity contribution in [2.45, 2.75) is 73.1 Å². The normalized spacial score (nSPS) is 19.9. The summed E-state index contributed by atoms with van der Waals surface area (Å²) < 4.78 is 0. The molecular formula is C25H34N2O2. The van der Waals surface area contributed by atoms with E-state index in [1.165, 1.54) is 22.2 Å². The van der Waals surface area contributed by atoms with Crippen molar-refractivity contribution in [3.63, 3.8) is 0 Å². The minimum atomic E-state index is -0.113. The number of aryl methyl sites for hydroxylation is 2. The number of fused-ring (bicyclic) bond motifs is 1. The van der Waals surface area contributed by atoms with Gasteiger partial charge in [-0.25, -0.2) is 0 Å². The van der Waals surface area contributed by atoms with Crippen LogP contribution in [-0.2, 0) is 11.2 Å². The number of aliphatic hydroxyl groups is 1. The van der Waals surface area contributed by atoms with Crippen LogP contribution in [0.3, 0.4) is 0 Å². The maximum atomic E-state index is 12.8. The first kappa shape index (κ1) is 21.4. The van der Waals surface area contributed by atoms with Crippen LogP contribution in [-0.4, -0.2) is 28.1 Å². The number of hydrogen-bond acceptors (Lipinski definition) is 3. The number of H-pyrrole nitrogens is 1. The fraction of sp³-hybridized carbons (Fsp3) is 0.520. The van der Waals surface area contributed by atoms with Crippen molar-refractivity contribution >= 4 is 22.4 Å². The Balaban J connectivity index is 1.87. The van der Waals surface area contributed by atoms with E-state index >= 15 is 0 Å². The van der Waals surface area contributed by atoms with E-state index in [4.69, 9.17) is 4.99 Å². The lowest BCUT2D eigenvalue weighted by atomic mass is 9.73. The maximum Gasteiger partial charge on any atom is 0.168 e. The van der Waals surface area contributed by atoms with Crippen molar-refractivity contribution in [2.75, 3.05) is 6.54 Å². The zero-order chi connectivity index (χ0) is 21.2. The SMILES string of the molecule is CCCC/C(O)=C1\C(=O)CC(C)(C)CC1=NCCc1c(C)[nH]c2ccc(C)cc12. The van der Waals surface area contributed by atoms with Gasteiger partial charge < -0.3 is 10.1 Å². The Labute approximate surface area is 174 Å². The number of rotatable bonds is 6. The predicted molar refractivity (Wildman–Crippen MR) is 121 cm³/mol. The molecule has 0 aliphatic heterocycles. The van der Waals surface area contributed by atoms with E-state index in [0.717, 1.165) is 36.9 Å². The van der Waals surface area contributed by atoms with Gasteiger partial charge in [0.2, 0.25) is 0 Å². The molecule has 29 heavy (non-hydrogen) atoms. The number of ketones is 1. The molecule has 156 valence electrons. The Morgan fingerprint density at radius 1 is 1.24 bits per heavy atom. The van der Waals surface area contributed by atoms with Gasteiger partial charge in [-0.3, -0.25) is 9.79 Å². The van der Waals surface area contributed by atoms with Crippen molar-refractivity contribution in [3.05, 3.63) is 46.4 Å². The Morgan fingerprint density at radius 3 is 2.72 bits per heavy atom. The molecule has 1 saturated carbocycles. The van der Waals surface area contributed by atoms with Gasteiger partial charge in [0.15, 0.2) is 5.78 Å². The number of aliphatic imine (C=N–C) groups is 1. The van der Waals surface area contributed by atoms with Crippen molar-refractivity contribution in [1.29, 1.82) is 0 Å². The molecular weight excluding hydrogens is 360 g/mol. The topological polar surface area (TPSA) is 65.4 Å². The third-order valence-electron chi connectivity index (χ3n) is 5.85. The van der Waals surface area contributed by atoms with Gasteiger partial charge >= 0.3 is 0 Å². The summed E-state index contributed by atoms with van der Waals surface area (Å²) in [7, 11) is 0. The standard InChI is InChI=1S/C25H34N2O2/c1-6-7-8-22(28)24-21(14-25(4,5)15-23(24)29)26-12-11-18-17(3)27-20-10-9-16(2)13-19(18)20/h9-10,13,27-28H,6-8,11-12,14-15H2,1-5H3/b24-22+,26-21?. The van der Waals surface area contributed by atoms with E-state index < -0.39 is 0 Å². The van der Waals surface area contributed by atoms with E-state index in [1.54, 1.807) is 0 Å². The average Bonchev–Trinajstić information content (AvgIpc) is 2.93. The number of allylic oxidation sites excluding steroid dienone is 2. The molecule has 1 aliphatic rings. The highest BCUT2D eigenvalue weighted by Crippen LogP contribution is 2.36. The Kier molecular flexibility index (Phi) is 6.30. The van der Waals surface area contributed by atoms with Crippen molar-refractivity contribution in [1.82, 2.24) is 4.98 Å². The van der Waals surface area contributed by atoms with E-state index in [0.29, 0.717) is 25.0 Å². The molecule has 0 spiro atoms. The number of aromatic nitrogens is 1. The molecule has 2 aromatic rings. The Morgan fingerprint density at radius 2 is 2.00 bits per heavy atom. The summed E-state index contributed by atoms with van der Waals surface area (Å²) in [6.45, 7) is 11.1. The molecule has 0 amide bonds. The number of nitrogens with zero attached hydrogens (tertiary/aromatic N) is 1. The van der Waals surface area contributed by atoms with Gasteiger partial charge in [-0.15, -0.1) is 0 Å². The lowest BCUT2D eigenvalue weighted by Gasteiger charge is -2.31. The summed E-state index contributed by atoms with van der Waals surface area (Å²) in [6, 6.07) is 6.46. The molecule has 0 radical (unpaired) electrons. The number of hydrogen-bond donors (Lipinski definition) is 2. The van der Waals surface area contributed by atoms with Gasteiger partial charge in [0.05, 0.1) is 5.57 Å². The summed E-state index contributed by atoms with van der Waals surface area (Å²) in [4.78, 5) is 21.1. The minimum Gasteiger partial charge on any atom is -0.511 e. The molecule has 0 saturated heterocycles. The first-order valence-electron chi connectivity index (χ1n) is 10.8. The third kappa shape index (κ3) is 4.80. The smallest absolute Gasteiger partial charge is 0.168 e. The molecule has 1 heterocycles. The van der Waals surface area contributed by atoms with Gasteiger partial charge in [0, 0.05) is 41.7 Å². The van der Waals surface area contributed by atoms with Gasteiger partial charge in [-0.2, -0.15) is 0 Å². The second kappa shape index (κ2) is 8.56. The van der Waals surface area contributed by atoms with Crippen LogP contribution in [0.4, 0.5) is 0 Å². The number of Topliss-reactive ketones (excluding diaryl/α,β-unsaturated/α-hetero) is 1. The summed E-state index contributed by atoms with van der Waals surface area (Å²) >= 11 is 0. The number of carbonyl (C=O) groups is 1. The van der Waals surface area contributed by atoms with Crippen LogP contribution in [0, 0.1) is 19.3 Å². The lowest BCUT2D eigenvalue weighted by Crippen LogP contribution is -2.33. The number of nitrogens with one attached hydrogen (secondary N) is 1. The summed E-state index contributed by atoms with van der Waals surface area (Å²) in [6.07, 6.45) is 4.44. The summed E-state index contributed by atoms with van der Waals surface area (Å²) in [5.74, 6) is 0.262. The van der Waals surface area contributed by atoms with E-state index in [2.05, 4.69) is 57.8 Å². The number of aliphatic hydroxyl groups excluding tert-OH is 1. The average molecular weight is 395 g/mol. The van der Waals surface area contributed by atoms with Crippen LogP contribution in [0.5, 0.6) is 0 Å². The minimum absolute atomic E-state index is 0.0347. The zero-order valence-electron chi connectivity index (χ0n) is 18.5. The van der Waals surface area contributed by atoms with Crippen molar-refractivity contribution < 1.29 is 9.90 Å². The van der Waals surface area contributed by atoms with Crippen LogP contribution in [0.1, 0.15) is 69.7 Å². The first-order chi connectivity index (χ1) is 13.7. The van der Waals surface area contributed by atoms with Gasteiger partial charge in [-0.05, 0) is 56.2 Å². The molecule has 3 rings (SSSR count). The number of carbonyl (C=O) groups excluding carboxylic acids is 1. The zero-order valence-corrected chi connectivity index (χ0v) is 18.5. The van der Waals surface area contributed by atoms with Crippen LogP contribution in [0.2, 0.25) is 0 Å². The summed E-state index contributed by atoms with van der Waals surface area (Å²) in [5.41, 5.74) is 6.02. The lowest BCUT2D eigenvalue weighted by molar-refractivity contribution is -0.117. The van der Waals surface area contributed by atoms with Gasteiger partial charge in [0.1, 0.15) is 5.76 Å². The van der Waals surface area contributed by atoms with E-state index in [9.17, 15) is 9.90 Å². The number of unbranched alkanes of at least 4 members (excludes halogenated alkanes) is 1. The molecule has 1 aromatic heterocycles.